The fraction of sp³-hybridized carbons (Fsp3) is 0.227. The molecule has 0 saturated carbocycles. The second-order valence-corrected chi connectivity index (χ2v) is 8.24. The van der Waals surface area contributed by atoms with Crippen molar-refractivity contribution in [1.29, 1.82) is 0 Å². The molecule has 3 rings (SSSR count). The van der Waals surface area contributed by atoms with Crippen molar-refractivity contribution in [3.63, 3.8) is 0 Å². The second kappa shape index (κ2) is 10.0. The summed E-state index contributed by atoms with van der Waals surface area (Å²) in [5, 5.41) is 10.5. The van der Waals surface area contributed by atoms with E-state index in [2.05, 4.69) is 20.9 Å². The van der Waals surface area contributed by atoms with Crippen molar-refractivity contribution >= 4 is 56.5 Å². The van der Waals surface area contributed by atoms with Crippen LogP contribution in [-0.4, -0.2) is 47.3 Å². The number of esters is 1. The van der Waals surface area contributed by atoms with Crippen LogP contribution in [0.4, 0.5) is 5.69 Å². The average Bonchev–Trinajstić information content (AvgIpc) is 3.04. The zero-order valence-electron chi connectivity index (χ0n) is 17.2. The topological polar surface area (TPSA) is 88.4 Å². The number of phenols is 1. The fourth-order valence-electron chi connectivity index (χ4n) is 2.88. The lowest BCUT2D eigenvalue weighted by molar-refractivity contribution is -0.122. The summed E-state index contributed by atoms with van der Waals surface area (Å²) < 4.78 is 10.7. The number of hydrogen-bond acceptors (Lipinski definition) is 7. The van der Waals surface area contributed by atoms with Crippen LogP contribution in [0, 0.1) is 0 Å². The Balaban J connectivity index is 1.94. The van der Waals surface area contributed by atoms with Gasteiger partial charge in [0.2, 0.25) is 0 Å². The highest BCUT2D eigenvalue weighted by atomic mass is 79.9. The maximum Gasteiger partial charge on any atom is 0.338 e. The lowest BCUT2D eigenvalue weighted by Crippen LogP contribution is -2.28. The number of rotatable bonds is 6. The summed E-state index contributed by atoms with van der Waals surface area (Å²) in [5.41, 5.74) is 1.64. The van der Waals surface area contributed by atoms with Crippen LogP contribution in [0.3, 0.4) is 0 Å². The number of aliphatic imine (C=N–C) groups is 1. The number of ether oxygens (including phenoxy) is 2. The van der Waals surface area contributed by atoms with Crippen LogP contribution >= 0.6 is 27.7 Å². The standard InChI is InChI=1S/C22H21BrN2O5S/c1-4-25-20(27)18(11-13-9-16(23)19(26)17(10-13)29-3)31-22(25)24-15-8-6-7-14(12-15)21(28)30-5-2/h6-12,26H,4-5H2,1-3H3. The summed E-state index contributed by atoms with van der Waals surface area (Å²) in [6, 6.07) is 10.1. The molecule has 2 aromatic rings. The highest BCUT2D eigenvalue weighted by molar-refractivity contribution is 9.10. The molecular formula is C22H21BrN2O5S. The smallest absolute Gasteiger partial charge is 0.338 e. The van der Waals surface area contributed by atoms with Crippen LogP contribution in [0.5, 0.6) is 11.5 Å². The van der Waals surface area contributed by atoms with E-state index < -0.39 is 5.97 Å². The zero-order chi connectivity index (χ0) is 22.5. The molecule has 1 aliphatic rings. The zero-order valence-corrected chi connectivity index (χ0v) is 19.6. The fourth-order valence-corrected chi connectivity index (χ4v) is 4.40. The minimum absolute atomic E-state index is 0.00558. The number of hydrogen-bond donors (Lipinski definition) is 1. The van der Waals surface area contributed by atoms with Gasteiger partial charge in [-0.2, -0.15) is 0 Å². The summed E-state index contributed by atoms with van der Waals surface area (Å²) in [4.78, 5) is 31.5. The van der Waals surface area contributed by atoms with E-state index in [1.165, 1.54) is 18.9 Å². The number of thioether (sulfide) groups is 1. The summed E-state index contributed by atoms with van der Waals surface area (Å²) in [6.07, 6.45) is 1.72. The number of nitrogens with zero attached hydrogens (tertiary/aromatic N) is 2. The Kier molecular flexibility index (Phi) is 7.40. The Morgan fingerprint density at radius 1 is 1.29 bits per heavy atom. The van der Waals surface area contributed by atoms with Crippen molar-refractivity contribution in [2.75, 3.05) is 20.3 Å². The molecule has 9 heteroatoms. The quantitative estimate of drug-likeness (QED) is 0.441. The van der Waals surface area contributed by atoms with Crippen LogP contribution in [-0.2, 0) is 9.53 Å². The monoisotopic (exact) mass is 504 g/mol. The Morgan fingerprint density at radius 3 is 2.74 bits per heavy atom. The Hall–Kier alpha value is -2.78. The molecule has 162 valence electrons. The van der Waals surface area contributed by atoms with Gasteiger partial charge in [-0.3, -0.25) is 9.69 Å². The summed E-state index contributed by atoms with van der Waals surface area (Å²) in [7, 11) is 1.46. The van der Waals surface area contributed by atoms with Crippen LogP contribution in [0.2, 0.25) is 0 Å². The van der Waals surface area contributed by atoms with Gasteiger partial charge in [-0.1, -0.05) is 6.07 Å². The first-order valence-corrected chi connectivity index (χ1v) is 11.1. The molecule has 7 nitrogen and oxygen atoms in total. The van der Waals surface area contributed by atoms with Crippen LogP contribution < -0.4 is 4.74 Å². The van der Waals surface area contributed by atoms with Crippen molar-refractivity contribution in [3.8, 4) is 11.5 Å². The predicted octanol–water partition coefficient (Wildman–Crippen LogP) is 4.96. The van der Waals surface area contributed by atoms with E-state index in [1.807, 2.05) is 6.92 Å². The molecule has 0 bridgehead atoms. The van der Waals surface area contributed by atoms with E-state index in [0.717, 1.165) is 0 Å². The normalized spacial score (nSPS) is 16.3. The number of carbonyl (C=O) groups is 2. The molecule has 1 heterocycles. The summed E-state index contributed by atoms with van der Waals surface area (Å²) in [6.45, 7) is 4.35. The third kappa shape index (κ3) is 5.11. The first kappa shape index (κ1) is 22.9. The molecule has 0 aromatic heterocycles. The SMILES string of the molecule is CCOC(=O)c1cccc(N=C2SC(=Cc3cc(Br)c(O)c(OC)c3)C(=O)N2CC)c1. The molecule has 0 aliphatic carbocycles. The number of methoxy groups -OCH3 is 1. The first-order chi connectivity index (χ1) is 14.9. The van der Waals surface area contributed by atoms with E-state index in [0.29, 0.717) is 43.7 Å². The molecule has 1 saturated heterocycles. The summed E-state index contributed by atoms with van der Waals surface area (Å²) >= 11 is 4.53. The molecule has 1 amide bonds. The molecule has 0 unspecified atom stereocenters. The van der Waals surface area contributed by atoms with E-state index in [4.69, 9.17) is 9.47 Å². The molecule has 1 fully saturated rings. The molecule has 0 spiro atoms. The van der Waals surface area contributed by atoms with Gasteiger partial charge < -0.3 is 14.6 Å². The van der Waals surface area contributed by atoms with Crippen LogP contribution in [0.1, 0.15) is 29.8 Å². The van der Waals surface area contributed by atoms with E-state index in [1.54, 1.807) is 54.3 Å². The van der Waals surface area contributed by atoms with Crippen molar-refractivity contribution < 1.29 is 24.2 Å². The maximum absolute atomic E-state index is 12.9. The molecule has 2 aromatic carbocycles. The highest BCUT2D eigenvalue weighted by Gasteiger charge is 2.32. The number of halogens is 1. The average molecular weight is 505 g/mol. The van der Waals surface area contributed by atoms with Gasteiger partial charge in [-0.05, 0) is 83.5 Å². The lowest BCUT2D eigenvalue weighted by Gasteiger charge is -2.12. The van der Waals surface area contributed by atoms with Gasteiger partial charge in [-0.15, -0.1) is 0 Å². The van der Waals surface area contributed by atoms with Gasteiger partial charge in [0.25, 0.3) is 5.91 Å². The number of phenolic OH excluding ortho intramolecular Hbond substituents is 1. The van der Waals surface area contributed by atoms with Gasteiger partial charge >= 0.3 is 5.97 Å². The van der Waals surface area contributed by atoms with Gasteiger partial charge in [0, 0.05) is 6.54 Å². The third-order valence-corrected chi connectivity index (χ3v) is 5.97. The van der Waals surface area contributed by atoms with Gasteiger partial charge in [0.1, 0.15) is 0 Å². The Bertz CT molecular complexity index is 1080. The van der Waals surface area contributed by atoms with Crippen molar-refractivity contribution in [3.05, 3.63) is 56.9 Å². The first-order valence-electron chi connectivity index (χ1n) is 9.51. The molecule has 0 radical (unpaired) electrons. The Labute approximate surface area is 192 Å². The van der Waals surface area contributed by atoms with Crippen molar-refractivity contribution in [2.45, 2.75) is 13.8 Å². The molecule has 31 heavy (non-hydrogen) atoms. The summed E-state index contributed by atoms with van der Waals surface area (Å²) in [5.74, 6) is -0.293. The number of amides is 1. The number of likely N-dealkylation sites (N-methyl/N-ethyl adjacent to an activating group) is 1. The second-order valence-electron chi connectivity index (χ2n) is 6.38. The van der Waals surface area contributed by atoms with Gasteiger partial charge in [0.15, 0.2) is 16.7 Å². The van der Waals surface area contributed by atoms with Crippen molar-refractivity contribution in [1.82, 2.24) is 4.90 Å². The number of amidine groups is 1. The maximum atomic E-state index is 12.9. The van der Waals surface area contributed by atoms with Gasteiger partial charge in [0.05, 0.1) is 34.3 Å². The minimum atomic E-state index is -0.417. The molecular weight excluding hydrogens is 484 g/mol. The lowest BCUT2D eigenvalue weighted by atomic mass is 10.2. The predicted molar refractivity (Wildman–Crippen MR) is 125 cm³/mol. The molecule has 0 atom stereocenters. The molecule has 1 aliphatic heterocycles. The number of benzene rings is 2. The molecule has 1 N–H and O–H groups in total. The number of carbonyl (C=O) groups excluding carboxylic acids is 2. The van der Waals surface area contributed by atoms with Crippen molar-refractivity contribution in [2.24, 2.45) is 4.99 Å². The third-order valence-electron chi connectivity index (χ3n) is 4.35. The van der Waals surface area contributed by atoms with Crippen LogP contribution in [0.25, 0.3) is 6.08 Å². The Morgan fingerprint density at radius 2 is 2.06 bits per heavy atom. The largest absolute Gasteiger partial charge is 0.503 e. The van der Waals surface area contributed by atoms with E-state index in [-0.39, 0.29) is 18.3 Å². The number of aromatic hydroxyl groups is 1. The van der Waals surface area contributed by atoms with E-state index >= 15 is 0 Å². The van der Waals surface area contributed by atoms with E-state index in [9.17, 15) is 14.7 Å². The van der Waals surface area contributed by atoms with Gasteiger partial charge in [-0.25, -0.2) is 9.79 Å². The highest BCUT2D eigenvalue weighted by Crippen LogP contribution is 2.38. The van der Waals surface area contributed by atoms with Crippen LogP contribution in [0.15, 0.2) is 50.8 Å². The minimum Gasteiger partial charge on any atom is -0.503 e.